The van der Waals surface area contributed by atoms with Crippen molar-refractivity contribution in [2.24, 2.45) is 0 Å². The molecule has 1 aliphatic rings. The van der Waals surface area contributed by atoms with E-state index in [2.05, 4.69) is 4.98 Å². The van der Waals surface area contributed by atoms with E-state index in [0.29, 0.717) is 53.7 Å². The minimum absolute atomic E-state index is 0.143. The molecule has 5 aromatic rings. The summed E-state index contributed by atoms with van der Waals surface area (Å²) in [5.74, 6) is 0.614. The molecule has 0 amide bonds. The molecule has 9 nitrogen and oxygen atoms in total. The fourth-order valence-electron chi connectivity index (χ4n) is 5.05. The summed E-state index contributed by atoms with van der Waals surface area (Å²) < 4.78 is 60.0. The Morgan fingerprint density at radius 1 is 0.775 bits per heavy atom. The summed E-state index contributed by atoms with van der Waals surface area (Å²) in [4.78, 5) is 11.4. The number of piperidine rings is 1. The maximum absolute atomic E-state index is 13.8. The predicted octanol–water partition coefficient (Wildman–Crippen LogP) is 4.81. The maximum Gasteiger partial charge on any atom is 0.297 e. The number of nitrogens with zero attached hydrogens (tertiary/aromatic N) is 4. The molecular formula is C29H28N4O5S2. The van der Waals surface area contributed by atoms with E-state index in [1.165, 1.54) is 3.97 Å². The highest BCUT2D eigenvalue weighted by Crippen LogP contribution is 2.33. The lowest BCUT2D eigenvalue weighted by molar-refractivity contribution is 0.178. The Bertz CT molecular complexity index is 1930. The second-order valence-electron chi connectivity index (χ2n) is 10.1. The third-order valence-corrected chi connectivity index (χ3v) is 10.4. The second kappa shape index (κ2) is 9.99. The van der Waals surface area contributed by atoms with Gasteiger partial charge in [0.15, 0.2) is 5.65 Å². The van der Waals surface area contributed by atoms with E-state index < -0.39 is 26.2 Å². The van der Waals surface area contributed by atoms with Crippen molar-refractivity contribution in [3.8, 4) is 0 Å². The van der Waals surface area contributed by atoms with Gasteiger partial charge in [-0.25, -0.2) is 17.4 Å². The zero-order chi connectivity index (χ0) is 28.1. The van der Waals surface area contributed by atoms with Gasteiger partial charge in [0.05, 0.1) is 21.4 Å². The van der Waals surface area contributed by atoms with Crippen LogP contribution in [-0.2, 0) is 24.3 Å². The molecule has 40 heavy (non-hydrogen) atoms. The van der Waals surface area contributed by atoms with E-state index in [1.54, 1.807) is 67.0 Å². The van der Waals surface area contributed by atoms with Crippen LogP contribution in [0.4, 0.5) is 5.82 Å². The molecule has 1 saturated heterocycles. The van der Waals surface area contributed by atoms with Crippen molar-refractivity contribution in [1.29, 1.82) is 0 Å². The van der Waals surface area contributed by atoms with Gasteiger partial charge in [-0.05, 0) is 69.2 Å². The molecule has 1 aliphatic heterocycles. The van der Waals surface area contributed by atoms with Gasteiger partial charge >= 0.3 is 0 Å². The molecule has 1 fully saturated rings. The molecule has 0 spiro atoms. The Balaban J connectivity index is 1.30. The Morgan fingerprint density at radius 2 is 1.40 bits per heavy atom. The lowest BCUT2D eigenvalue weighted by Gasteiger charge is -2.32. The highest BCUT2D eigenvalue weighted by molar-refractivity contribution is 7.90. The summed E-state index contributed by atoms with van der Waals surface area (Å²) in [6, 6.07) is 18.7. The van der Waals surface area contributed by atoms with Crippen LogP contribution in [0.2, 0.25) is 0 Å². The molecule has 3 aromatic heterocycles. The number of aromatic nitrogens is 3. The Kier molecular flexibility index (Phi) is 6.60. The molecule has 0 saturated carbocycles. The standard InChI is InChI=1S/C29H28N4O5S2/c1-20-3-7-23(8-4-20)39(34,35)33-27-13-16-30-19-26(27)25-11-12-28(31-29(25)33)32-17-14-22(15-18-32)38-40(36,37)24-9-5-21(2)6-10-24/h3-13,16,19,22H,14-15,17-18H2,1-2H3. The number of hydrogen-bond acceptors (Lipinski definition) is 8. The quantitative estimate of drug-likeness (QED) is 0.265. The summed E-state index contributed by atoms with van der Waals surface area (Å²) in [7, 11) is -7.81. The molecule has 206 valence electrons. The highest BCUT2D eigenvalue weighted by Gasteiger charge is 2.28. The smallest absolute Gasteiger partial charge is 0.297 e. The molecule has 4 heterocycles. The van der Waals surface area contributed by atoms with E-state index in [1.807, 2.05) is 30.9 Å². The zero-order valence-electron chi connectivity index (χ0n) is 22.1. The molecule has 6 rings (SSSR count). The fourth-order valence-corrected chi connectivity index (χ4v) is 7.65. The summed E-state index contributed by atoms with van der Waals surface area (Å²) in [5.41, 5.74) is 2.76. The van der Waals surface area contributed by atoms with Crippen LogP contribution < -0.4 is 4.90 Å². The van der Waals surface area contributed by atoms with Gasteiger partial charge in [-0.2, -0.15) is 8.42 Å². The third kappa shape index (κ3) is 4.74. The van der Waals surface area contributed by atoms with Crippen molar-refractivity contribution in [2.45, 2.75) is 42.6 Å². The lowest BCUT2D eigenvalue weighted by Crippen LogP contribution is -2.38. The molecule has 0 unspecified atom stereocenters. The first-order valence-electron chi connectivity index (χ1n) is 13.0. The summed E-state index contributed by atoms with van der Waals surface area (Å²) in [6.07, 6.45) is 3.74. The molecule has 0 bridgehead atoms. The van der Waals surface area contributed by atoms with Gasteiger partial charge < -0.3 is 4.90 Å². The van der Waals surface area contributed by atoms with Gasteiger partial charge in [0.2, 0.25) is 0 Å². The SMILES string of the molecule is Cc1ccc(S(=O)(=O)OC2CCN(c3ccc4c5cnccc5n(S(=O)(=O)c5ccc(C)cc5)c4n3)CC2)cc1. The topological polar surface area (TPSA) is 111 Å². The van der Waals surface area contributed by atoms with Crippen LogP contribution in [0.15, 0.2) is 88.9 Å². The number of pyridine rings is 2. The van der Waals surface area contributed by atoms with Crippen LogP contribution in [0.1, 0.15) is 24.0 Å². The number of rotatable bonds is 6. The number of fused-ring (bicyclic) bond motifs is 3. The predicted molar refractivity (Wildman–Crippen MR) is 153 cm³/mol. The van der Waals surface area contributed by atoms with Crippen LogP contribution >= 0.6 is 0 Å². The third-order valence-electron chi connectivity index (χ3n) is 7.26. The van der Waals surface area contributed by atoms with Gasteiger partial charge in [0.25, 0.3) is 20.1 Å². The summed E-state index contributed by atoms with van der Waals surface area (Å²) >= 11 is 0. The number of aryl methyl sites for hydroxylation is 2. The first kappa shape index (κ1) is 26.4. The molecule has 0 atom stereocenters. The monoisotopic (exact) mass is 576 g/mol. The zero-order valence-corrected chi connectivity index (χ0v) is 23.7. The molecule has 0 N–H and O–H groups in total. The van der Waals surface area contributed by atoms with Crippen LogP contribution in [0.3, 0.4) is 0 Å². The van der Waals surface area contributed by atoms with Gasteiger partial charge in [0.1, 0.15) is 5.82 Å². The van der Waals surface area contributed by atoms with Crippen molar-refractivity contribution in [2.75, 3.05) is 18.0 Å². The maximum atomic E-state index is 13.8. The molecule has 0 aliphatic carbocycles. The lowest BCUT2D eigenvalue weighted by atomic mass is 10.1. The average molecular weight is 577 g/mol. The fraction of sp³-hybridized carbons (Fsp3) is 0.241. The van der Waals surface area contributed by atoms with E-state index in [0.717, 1.165) is 11.1 Å². The van der Waals surface area contributed by atoms with E-state index >= 15 is 0 Å². The molecule has 0 radical (unpaired) electrons. The average Bonchev–Trinajstić information content (AvgIpc) is 3.28. The number of hydrogen-bond donors (Lipinski definition) is 0. The number of anilines is 1. The number of benzene rings is 2. The van der Waals surface area contributed by atoms with E-state index in [4.69, 9.17) is 9.17 Å². The van der Waals surface area contributed by atoms with Crippen molar-refractivity contribution >= 4 is 47.9 Å². The Hall–Kier alpha value is -3.80. The molecule has 2 aromatic carbocycles. The summed E-state index contributed by atoms with van der Waals surface area (Å²) in [5, 5.41) is 1.38. The Labute approximate surface area is 233 Å². The van der Waals surface area contributed by atoms with Crippen LogP contribution in [-0.4, -0.2) is 50.0 Å². The van der Waals surface area contributed by atoms with Gasteiger partial charge in [-0.1, -0.05) is 35.4 Å². The van der Waals surface area contributed by atoms with Gasteiger partial charge in [-0.15, -0.1) is 0 Å². The van der Waals surface area contributed by atoms with Crippen LogP contribution in [0.5, 0.6) is 0 Å². The van der Waals surface area contributed by atoms with Crippen molar-refractivity contribution in [3.63, 3.8) is 0 Å². The van der Waals surface area contributed by atoms with Crippen molar-refractivity contribution in [1.82, 2.24) is 13.9 Å². The Morgan fingerprint density at radius 3 is 2.05 bits per heavy atom. The molecule has 11 heteroatoms. The highest BCUT2D eigenvalue weighted by atomic mass is 32.2. The minimum Gasteiger partial charge on any atom is -0.356 e. The largest absolute Gasteiger partial charge is 0.356 e. The second-order valence-corrected chi connectivity index (χ2v) is 13.4. The van der Waals surface area contributed by atoms with Gasteiger partial charge in [0, 0.05) is 36.3 Å². The van der Waals surface area contributed by atoms with Crippen LogP contribution in [0, 0.1) is 13.8 Å². The summed E-state index contributed by atoms with van der Waals surface area (Å²) in [6.45, 7) is 4.83. The molecular weight excluding hydrogens is 548 g/mol. The van der Waals surface area contributed by atoms with E-state index in [9.17, 15) is 16.8 Å². The minimum atomic E-state index is -3.95. The first-order valence-corrected chi connectivity index (χ1v) is 15.8. The van der Waals surface area contributed by atoms with Crippen molar-refractivity contribution in [3.05, 3.63) is 90.3 Å². The van der Waals surface area contributed by atoms with Crippen LogP contribution in [0.25, 0.3) is 21.9 Å². The van der Waals surface area contributed by atoms with Crippen molar-refractivity contribution < 1.29 is 21.0 Å². The normalized spacial score (nSPS) is 15.2. The van der Waals surface area contributed by atoms with Gasteiger partial charge in [-0.3, -0.25) is 9.17 Å². The van der Waals surface area contributed by atoms with E-state index in [-0.39, 0.29) is 9.79 Å². The first-order chi connectivity index (χ1) is 19.1.